The van der Waals surface area contributed by atoms with Gasteiger partial charge in [0, 0.05) is 23.2 Å². The van der Waals surface area contributed by atoms with Gasteiger partial charge in [-0.1, -0.05) is 54.6 Å². The number of hydrogen-bond acceptors (Lipinski definition) is 4. The van der Waals surface area contributed by atoms with E-state index in [1.807, 2.05) is 24.0 Å². The van der Waals surface area contributed by atoms with Gasteiger partial charge in [0.25, 0.3) is 0 Å². The van der Waals surface area contributed by atoms with Crippen LogP contribution in [0.3, 0.4) is 0 Å². The lowest BCUT2D eigenvalue weighted by Crippen LogP contribution is -2.39. The summed E-state index contributed by atoms with van der Waals surface area (Å²) in [6.45, 7) is 0. The van der Waals surface area contributed by atoms with Crippen LogP contribution in [0.1, 0.15) is 18.0 Å². The Kier molecular flexibility index (Phi) is 4.98. The molecule has 2 aromatic carbocycles. The van der Waals surface area contributed by atoms with Gasteiger partial charge in [-0.05, 0) is 24.1 Å². The van der Waals surface area contributed by atoms with E-state index in [1.165, 1.54) is 10.5 Å². The molecule has 3 atom stereocenters. The maximum Gasteiger partial charge on any atom is 0.108 e. The first-order valence-corrected chi connectivity index (χ1v) is 9.63. The molecule has 126 valence electrons. The standard InChI is InChI=1S/C21H21N3S/c1-3-8-16(9-4-1)20-21(17-10-7-13-22-14-17)24-19(23-20)15-25-18-11-5-2-6-12-18/h1-9,11-14,17,20-21H,10,15H2,(H,23,24)/t17?,20-,21+/m1/s1. The van der Waals surface area contributed by atoms with Gasteiger partial charge in [-0.2, -0.15) is 0 Å². The molecular formula is C21H21N3S. The summed E-state index contributed by atoms with van der Waals surface area (Å²) in [6, 6.07) is 21.5. The van der Waals surface area contributed by atoms with Crippen molar-refractivity contribution in [1.82, 2.24) is 5.32 Å². The molecule has 0 aromatic heterocycles. The van der Waals surface area contributed by atoms with Crippen LogP contribution in [0, 0.1) is 5.92 Å². The average molecular weight is 347 g/mol. The third-order valence-electron chi connectivity index (χ3n) is 4.57. The van der Waals surface area contributed by atoms with Gasteiger partial charge < -0.3 is 5.32 Å². The average Bonchev–Trinajstić information content (AvgIpc) is 3.13. The highest BCUT2D eigenvalue weighted by molar-refractivity contribution is 8.00. The van der Waals surface area contributed by atoms with Crippen LogP contribution in [0.2, 0.25) is 0 Å². The maximum absolute atomic E-state index is 5.03. The molecule has 2 heterocycles. The van der Waals surface area contributed by atoms with Crippen LogP contribution in [-0.4, -0.2) is 23.8 Å². The fourth-order valence-corrected chi connectivity index (χ4v) is 4.13. The first kappa shape index (κ1) is 16.2. The summed E-state index contributed by atoms with van der Waals surface area (Å²) in [4.78, 5) is 10.6. The predicted octanol–water partition coefficient (Wildman–Crippen LogP) is 4.49. The molecule has 1 N–H and O–H groups in total. The third kappa shape index (κ3) is 3.85. The molecule has 2 aliphatic rings. The van der Waals surface area contributed by atoms with Crippen molar-refractivity contribution >= 4 is 23.8 Å². The van der Waals surface area contributed by atoms with E-state index in [1.54, 1.807) is 0 Å². The summed E-state index contributed by atoms with van der Waals surface area (Å²) in [5.41, 5.74) is 1.27. The lowest BCUT2D eigenvalue weighted by molar-refractivity contribution is 0.450. The summed E-state index contributed by atoms with van der Waals surface area (Å²) in [5.74, 6) is 2.32. The Morgan fingerprint density at radius 2 is 1.76 bits per heavy atom. The molecule has 2 aromatic rings. The van der Waals surface area contributed by atoms with Crippen molar-refractivity contribution in [3.8, 4) is 0 Å². The summed E-state index contributed by atoms with van der Waals surface area (Å²) >= 11 is 1.82. The highest BCUT2D eigenvalue weighted by Crippen LogP contribution is 2.32. The van der Waals surface area contributed by atoms with Crippen molar-refractivity contribution in [1.29, 1.82) is 0 Å². The van der Waals surface area contributed by atoms with Crippen LogP contribution in [0.4, 0.5) is 0 Å². The van der Waals surface area contributed by atoms with Crippen molar-refractivity contribution in [3.05, 3.63) is 78.5 Å². The molecule has 0 radical (unpaired) electrons. The van der Waals surface area contributed by atoms with Crippen molar-refractivity contribution in [2.24, 2.45) is 15.9 Å². The Morgan fingerprint density at radius 3 is 2.48 bits per heavy atom. The molecule has 25 heavy (non-hydrogen) atoms. The van der Waals surface area contributed by atoms with E-state index in [0.29, 0.717) is 5.92 Å². The minimum Gasteiger partial charge on any atom is -0.367 e. The van der Waals surface area contributed by atoms with E-state index in [4.69, 9.17) is 4.99 Å². The van der Waals surface area contributed by atoms with Gasteiger partial charge in [-0.15, -0.1) is 11.8 Å². The molecular weight excluding hydrogens is 326 g/mol. The van der Waals surface area contributed by atoms with Gasteiger partial charge >= 0.3 is 0 Å². The zero-order chi connectivity index (χ0) is 16.9. The summed E-state index contributed by atoms with van der Waals surface area (Å²) < 4.78 is 0. The Balaban J connectivity index is 1.52. The number of nitrogens with zero attached hydrogens (tertiary/aromatic N) is 2. The quantitative estimate of drug-likeness (QED) is 0.809. The summed E-state index contributed by atoms with van der Waals surface area (Å²) in [7, 11) is 0. The zero-order valence-corrected chi connectivity index (χ0v) is 14.8. The van der Waals surface area contributed by atoms with Crippen molar-refractivity contribution in [2.75, 3.05) is 5.75 Å². The second-order valence-corrected chi connectivity index (χ2v) is 7.33. The molecule has 0 spiro atoms. The van der Waals surface area contributed by atoms with Crippen LogP contribution in [0.25, 0.3) is 0 Å². The van der Waals surface area contributed by atoms with E-state index in [2.05, 4.69) is 77.2 Å². The minimum absolute atomic E-state index is 0.149. The number of thioether (sulfide) groups is 1. The normalized spacial score (nSPS) is 24.8. The summed E-state index contributed by atoms with van der Waals surface area (Å²) in [5, 5.41) is 3.68. The molecule has 0 saturated carbocycles. The minimum atomic E-state index is 0.149. The number of benzene rings is 2. The monoisotopic (exact) mass is 347 g/mol. The predicted molar refractivity (Wildman–Crippen MR) is 106 cm³/mol. The van der Waals surface area contributed by atoms with Crippen LogP contribution in [-0.2, 0) is 0 Å². The van der Waals surface area contributed by atoms with Crippen LogP contribution >= 0.6 is 11.8 Å². The topological polar surface area (TPSA) is 36.8 Å². The zero-order valence-electron chi connectivity index (χ0n) is 14.0. The van der Waals surface area contributed by atoms with E-state index in [9.17, 15) is 0 Å². The lowest BCUT2D eigenvalue weighted by Gasteiger charge is -2.26. The Morgan fingerprint density at radius 1 is 1.00 bits per heavy atom. The SMILES string of the molecule is C1=CN=CC([C@@H]2NC(CSc3ccccc3)=N[C@@H]2c2ccccc2)C1. The number of rotatable bonds is 5. The van der Waals surface area contributed by atoms with Crippen molar-refractivity contribution < 1.29 is 0 Å². The van der Waals surface area contributed by atoms with Gasteiger partial charge in [-0.3, -0.25) is 9.98 Å². The van der Waals surface area contributed by atoms with E-state index < -0.39 is 0 Å². The second kappa shape index (κ2) is 7.70. The molecule has 3 nitrogen and oxygen atoms in total. The fraction of sp³-hybridized carbons (Fsp3) is 0.238. The van der Waals surface area contributed by atoms with Gasteiger partial charge in [-0.25, -0.2) is 0 Å². The highest BCUT2D eigenvalue weighted by atomic mass is 32.2. The number of hydrogen-bond donors (Lipinski definition) is 1. The first-order chi connectivity index (χ1) is 12.4. The van der Waals surface area contributed by atoms with Gasteiger partial charge in [0.2, 0.25) is 0 Å². The third-order valence-corrected chi connectivity index (χ3v) is 5.59. The maximum atomic E-state index is 5.03. The molecule has 0 aliphatic carbocycles. The number of allylic oxidation sites excluding steroid dienone is 1. The van der Waals surface area contributed by atoms with Gasteiger partial charge in [0.1, 0.15) is 5.84 Å². The molecule has 0 saturated heterocycles. The van der Waals surface area contributed by atoms with Crippen LogP contribution < -0.4 is 5.32 Å². The number of nitrogens with one attached hydrogen (secondary N) is 1. The molecule has 0 bridgehead atoms. The molecule has 4 heteroatoms. The Bertz CT molecular complexity index is 783. The highest BCUT2D eigenvalue weighted by Gasteiger charge is 2.35. The fourth-order valence-electron chi connectivity index (χ4n) is 3.32. The Hall–Kier alpha value is -2.33. The Labute approximate surface area is 153 Å². The van der Waals surface area contributed by atoms with Crippen LogP contribution in [0.15, 0.2) is 87.8 Å². The largest absolute Gasteiger partial charge is 0.367 e. The smallest absolute Gasteiger partial charge is 0.108 e. The van der Waals surface area contributed by atoms with Crippen molar-refractivity contribution in [2.45, 2.75) is 23.4 Å². The van der Waals surface area contributed by atoms with E-state index in [0.717, 1.165) is 18.0 Å². The molecule has 2 aliphatic heterocycles. The van der Waals surface area contributed by atoms with Crippen molar-refractivity contribution in [3.63, 3.8) is 0 Å². The molecule has 0 fully saturated rings. The number of aliphatic imine (C=N–C) groups is 2. The lowest BCUT2D eigenvalue weighted by atomic mass is 9.88. The van der Waals surface area contributed by atoms with E-state index in [-0.39, 0.29) is 12.1 Å². The second-order valence-electron chi connectivity index (χ2n) is 6.29. The van der Waals surface area contributed by atoms with Gasteiger partial charge in [0.05, 0.1) is 17.8 Å². The molecule has 0 amide bonds. The van der Waals surface area contributed by atoms with E-state index >= 15 is 0 Å². The number of amidine groups is 1. The van der Waals surface area contributed by atoms with Crippen LogP contribution in [0.5, 0.6) is 0 Å². The van der Waals surface area contributed by atoms with Gasteiger partial charge in [0.15, 0.2) is 0 Å². The first-order valence-electron chi connectivity index (χ1n) is 8.64. The molecule has 4 rings (SSSR count). The summed E-state index contributed by atoms with van der Waals surface area (Å²) in [6.07, 6.45) is 7.11. The molecule has 1 unspecified atom stereocenters.